The molecule has 0 bridgehead atoms. The molecular formula is C28H30N4O2. The third-order valence-electron chi connectivity index (χ3n) is 6.62. The molecule has 2 saturated heterocycles. The number of benzene rings is 3. The van der Waals surface area contributed by atoms with E-state index in [1.54, 1.807) is 11.0 Å². The van der Waals surface area contributed by atoms with Gasteiger partial charge >= 0.3 is 0 Å². The molecule has 3 aromatic carbocycles. The first kappa shape index (κ1) is 22.2. The van der Waals surface area contributed by atoms with Gasteiger partial charge in [0.15, 0.2) is 0 Å². The van der Waals surface area contributed by atoms with Gasteiger partial charge in [-0.25, -0.2) is 0 Å². The topological polar surface area (TPSA) is 55.9 Å². The van der Waals surface area contributed by atoms with Crippen LogP contribution in [0.3, 0.4) is 0 Å². The highest BCUT2D eigenvalue weighted by atomic mass is 16.2. The number of nitrogens with one attached hydrogen (secondary N) is 1. The molecule has 0 unspecified atom stereocenters. The lowest BCUT2D eigenvalue weighted by Gasteiger charge is -2.36. The Morgan fingerprint density at radius 1 is 0.794 bits per heavy atom. The molecule has 0 radical (unpaired) electrons. The minimum absolute atomic E-state index is 0.0773. The molecule has 5 rings (SSSR count). The van der Waals surface area contributed by atoms with E-state index in [0.717, 1.165) is 44.8 Å². The third kappa shape index (κ3) is 4.97. The van der Waals surface area contributed by atoms with Crippen LogP contribution in [0.2, 0.25) is 0 Å². The lowest BCUT2D eigenvalue weighted by Crippen LogP contribution is -2.45. The summed E-state index contributed by atoms with van der Waals surface area (Å²) in [6.07, 6.45) is 1.37. The Labute approximate surface area is 200 Å². The number of nitrogens with zero attached hydrogens (tertiary/aromatic N) is 3. The summed E-state index contributed by atoms with van der Waals surface area (Å²) >= 11 is 0. The summed E-state index contributed by atoms with van der Waals surface area (Å²) in [4.78, 5) is 31.8. The van der Waals surface area contributed by atoms with Gasteiger partial charge in [0.2, 0.25) is 5.91 Å². The molecular weight excluding hydrogens is 424 g/mol. The molecule has 0 saturated carbocycles. The van der Waals surface area contributed by atoms with E-state index < -0.39 is 0 Å². The van der Waals surface area contributed by atoms with Crippen LogP contribution in [-0.4, -0.2) is 49.4 Å². The summed E-state index contributed by atoms with van der Waals surface area (Å²) < 4.78 is 0. The maximum absolute atomic E-state index is 13.0. The third-order valence-corrected chi connectivity index (χ3v) is 6.62. The largest absolute Gasteiger partial charge is 0.369 e. The first-order chi connectivity index (χ1) is 16.7. The van der Waals surface area contributed by atoms with E-state index in [0.29, 0.717) is 24.2 Å². The summed E-state index contributed by atoms with van der Waals surface area (Å²) in [5.74, 6) is -0.119. The van der Waals surface area contributed by atoms with E-state index in [2.05, 4.69) is 57.6 Å². The van der Waals surface area contributed by atoms with Crippen LogP contribution < -0.4 is 15.1 Å². The standard InChI is InChI=1S/C28H30N4O2/c33-27-11-6-16-32(27)26-10-5-4-9-25(26)28(34)29-23-12-14-24(15-13-23)31-19-17-30(18-20-31)21-22-7-2-1-3-8-22/h1-5,7-10,12-15H,6,11,16-21H2,(H,29,34). The number of hydrogen-bond donors (Lipinski definition) is 1. The summed E-state index contributed by atoms with van der Waals surface area (Å²) in [5, 5.41) is 3.00. The Morgan fingerprint density at radius 3 is 2.21 bits per heavy atom. The fourth-order valence-electron chi connectivity index (χ4n) is 4.76. The molecule has 2 fully saturated rings. The van der Waals surface area contributed by atoms with Crippen molar-refractivity contribution in [1.29, 1.82) is 0 Å². The number of anilines is 3. The highest BCUT2D eigenvalue weighted by molar-refractivity contribution is 6.11. The van der Waals surface area contributed by atoms with Gasteiger partial charge in [0.05, 0.1) is 11.3 Å². The molecule has 2 aliphatic heterocycles. The molecule has 0 aliphatic carbocycles. The summed E-state index contributed by atoms with van der Waals surface area (Å²) in [5.41, 5.74) is 4.48. The van der Waals surface area contributed by atoms with E-state index in [4.69, 9.17) is 0 Å². The normalized spacial score (nSPS) is 16.6. The van der Waals surface area contributed by atoms with Crippen LogP contribution in [0.4, 0.5) is 17.1 Å². The minimum Gasteiger partial charge on any atom is -0.369 e. The van der Waals surface area contributed by atoms with Crippen molar-refractivity contribution < 1.29 is 9.59 Å². The predicted octanol–water partition coefficient (Wildman–Crippen LogP) is 4.39. The van der Waals surface area contributed by atoms with Gasteiger partial charge in [-0.2, -0.15) is 0 Å². The quantitative estimate of drug-likeness (QED) is 0.600. The smallest absolute Gasteiger partial charge is 0.257 e. The molecule has 2 aliphatic rings. The zero-order valence-electron chi connectivity index (χ0n) is 19.3. The minimum atomic E-state index is -0.197. The Hall–Kier alpha value is -3.64. The average Bonchev–Trinajstić information content (AvgIpc) is 3.31. The second-order valence-electron chi connectivity index (χ2n) is 8.92. The Bertz CT molecular complexity index is 1140. The van der Waals surface area contributed by atoms with Gasteiger partial charge in [0.1, 0.15) is 0 Å². The molecule has 3 aromatic rings. The van der Waals surface area contributed by atoms with Crippen LogP contribution in [0.25, 0.3) is 0 Å². The molecule has 6 nitrogen and oxygen atoms in total. The van der Waals surface area contributed by atoms with E-state index in [1.165, 1.54) is 11.3 Å². The van der Waals surface area contributed by atoms with E-state index in [9.17, 15) is 9.59 Å². The van der Waals surface area contributed by atoms with Gasteiger partial charge in [-0.1, -0.05) is 42.5 Å². The van der Waals surface area contributed by atoms with Crippen molar-refractivity contribution in [3.05, 3.63) is 90.0 Å². The van der Waals surface area contributed by atoms with Gasteiger partial charge in [-0.05, 0) is 48.4 Å². The first-order valence-electron chi connectivity index (χ1n) is 12.0. The van der Waals surface area contributed by atoms with Crippen molar-refractivity contribution in [3.63, 3.8) is 0 Å². The van der Waals surface area contributed by atoms with Gasteiger partial charge in [0, 0.05) is 57.1 Å². The number of piperazine rings is 1. The highest BCUT2D eigenvalue weighted by Gasteiger charge is 2.25. The van der Waals surface area contributed by atoms with E-state index in [1.807, 2.05) is 30.3 Å². The summed E-state index contributed by atoms with van der Waals surface area (Å²) in [6.45, 7) is 5.67. The van der Waals surface area contributed by atoms with Crippen molar-refractivity contribution in [3.8, 4) is 0 Å². The van der Waals surface area contributed by atoms with Gasteiger partial charge in [-0.15, -0.1) is 0 Å². The van der Waals surface area contributed by atoms with Crippen LogP contribution in [-0.2, 0) is 11.3 Å². The fourth-order valence-corrected chi connectivity index (χ4v) is 4.76. The van der Waals surface area contributed by atoms with Crippen LogP contribution in [0.5, 0.6) is 0 Å². The maximum atomic E-state index is 13.0. The summed E-state index contributed by atoms with van der Waals surface area (Å²) in [6, 6.07) is 26.0. The van der Waals surface area contributed by atoms with Crippen LogP contribution in [0.1, 0.15) is 28.8 Å². The number of amides is 2. The fraction of sp³-hybridized carbons (Fsp3) is 0.286. The lowest BCUT2D eigenvalue weighted by molar-refractivity contribution is -0.117. The Morgan fingerprint density at radius 2 is 1.50 bits per heavy atom. The monoisotopic (exact) mass is 454 g/mol. The van der Waals surface area contributed by atoms with E-state index >= 15 is 0 Å². The van der Waals surface area contributed by atoms with Crippen LogP contribution in [0, 0.1) is 0 Å². The van der Waals surface area contributed by atoms with Gasteiger partial charge in [-0.3, -0.25) is 14.5 Å². The van der Waals surface area contributed by atoms with Crippen LogP contribution in [0.15, 0.2) is 78.9 Å². The maximum Gasteiger partial charge on any atom is 0.257 e. The molecule has 2 heterocycles. The lowest BCUT2D eigenvalue weighted by atomic mass is 10.1. The second kappa shape index (κ2) is 10.1. The van der Waals surface area contributed by atoms with Gasteiger partial charge < -0.3 is 15.1 Å². The molecule has 2 amide bonds. The summed E-state index contributed by atoms with van der Waals surface area (Å²) in [7, 11) is 0. The zero-order chi connectivity index (χ0) is 23.3. The number of rotatable bonds is 6. The van der Waals surface area contributed by atoms with Crippen molar-refractivity contribution in [2.24, 2.45) is 0 Å². The second-order valence-corrected chi connectivity index (χ2v) is 8.92. The SMILES string of the molecule is O=C(Nc1ccc(N2CCN(Cc3ccccc3)CC2)cc1)c1ccccc1N1CCCC1=O. The predicted molar refractivity (Wildman–Crippen MR) is 136 cm³/mol. The molecule has 6 heteroatoms. The van der Waals surface area contributed by atoms with Crippen molar-refractivity contribution >= 4 is 28.9 Å². The number of para-hydroxylation sites is 1. The Kier molecular flexibility index (Phi) is 6.58. The zero-order valence-corrected chi connectivity index (χ0v) is 19.3. The number of carbonyl (C=O) groups excluding carboxylic acids is 2. The van der Waals surface area contributed by atoms with Gasteiger partial charge in [0.25, 0.3) is 5.91 Å². The highest BCUT2D eigenvalue weighted by Crippen LogP contribution is 2.27. The van der Waals surface area contributed by atoms with Crippen molar-refractivity contribution in [2.45, 2.75) is 19.4 Å². The molecule has 0 spiro atoms. The van der Waals surface area contributed by atoms with Crippen molar-refractivity contribution in [1.82, 2.24) is 4.90 Å². The Balaban J connectivity index is 1.19. The van der Waals surface area contributed by atoms with Crippen molar-refractivity contribution in [2.75, 3.05) is 47.8 Å². The molecule has 174 valence electrons. The number of hydrogen-bond acceptors (Lipinski definition) is 4. The molecule has 0 atom stereocenters. The average molecular weight is 455 g/mol. The molecule has 1 N–H and O–H groups in total. The van der Waals surface area contributed by atoms with E-state index in [-0.39, 0.29) is 11.8 Å². The molecule has 0 aromatic heterocycles. The number of carbonyl (C=O) groups is 2. The first-order valence-corrected chi connectivity index (χ1v) is 12.0. The van der Waals surface area contributed by atoms with Crippen LogP contribution >= 0.6 is 0 Å². The molecule has 34 heavy (non-hydrogen) atoms.